The predicted octanol–water partition coefficient (Wildman–Crippen LogP) is 2.47. The van der Waals surface area contributed by atoms with Crippen LogP contribution in [0.25, 0.3) is 11.0 Å². The van der Waals surface area contributed by atoms with Gasteiger partial charge in [0.2, 0.25) is 0 Å². The molecular formula is C13H17N3O2S. The Labute approximate surface area is 115 Å². The van der Waals surface area contributed by atoms with Gasteiger partial charge in [0.25, 0.3) is 5.56 Å². The van der Waals surface area contributed by atoms with Crippen LogP contribution in [0.4, 0.5) is 0 Å². The van der Waals surface area contributed by atoms with Crippen molar-refractivity contribution in [3.63, 3.8) is 0 Å². The molecule has 5 nitrogen and oxygen atoms in total. The maximum Gasteiger partial charge on any atom is 0.278 e. The Morgan fingerprint density at radius 1 is 1.47 bits per heavy atom. The van der Waals surface area contributed by atoms with Gasteiger partial charge < -0.3 is 9.72 Å². The summed E-state index contributed by atoms with van der Waals surface area (Å²) in [6.45, 7) is 2.60. The zero-order chi connectivity index (χ0) is 13.2. The molecule has 1 saturated carbocycles. The fourth-order valence-corrected chi connectivity index (χ4v) is 3.22. The summed E-state index contributed by atoms with van der Waals surface area (Å²) in [6, 6.07) is 0. The number of aromatic amines is 1. The van der Waals surface area contributed by atoms with Gasteiger partial charge in [-0.3, -0.25) is 4.79 Å². The second kappa shape index (κ2) is 5.38. The third kappa shape index (κ3) is 2.69. The summed E-state index contributed by atoms with van der Waals surface area (Å²) < 4.78 is 9.93. The van der Waals surface area contributed by atoms with Crippen molar-refractivity contribution in [1.82, 2.24) is 14.3 Å². The van der Waals surface area contributed by atoms with Crippen LogP contribution in [0.3, 0.4) is 0 Å². The second-order valence-electron chi connectivity index (χ2n) is 5.17. The lowest BCUT2D eigenvalue weighted by Crippen LogP contribution is -2.26. The average molecular weight is 279 g/mol. The van der Waals surface area contributed by atoms with Crippen LogP contribution in [-0.2, 0) is 11.3 Å². The molecule has 1 fully saturated rings. The van der Waals surface area contributed by atoms with Gasteiger partial charge >= 0.3 is 0 Å². The summed E-state index contributed by atoms with van der Waals surface area (Å²) in [4.78, 5) is 18.9. The number of nitrogens with zero attached hydrogens (tertiary/aromatic N) is 2. The summed E-state index contributed by atoms with van der Waals surface area (Å²) in [6.07, 6.45) is 5.14. The smallest absolute Gasteiger partial charge is 0.278 e. The van der Waals surface area contributed by atoms with Crippen LogP contribution in [0, 0.1) is 5.92 Å². The minimum absolute atomic E-state index is 0.179. The molecule has 1 N–H and O–H groups in total. The lowest BCUT2D eigenvalue weighted by Gasteiger charge is -2.28. The van der Waals surface area contributed by atoms with Crippen LogP contribution in [0.15, 0.2) is 10.2 Å². The van der Waals surface area contributed by atoms with Crippen LogP contribution >= 0.6 is 11.5 Å². The molecule has 1 aliphatic rings. The summed E-state index contributed by atoms with van der Waals surface area (Å²) >= 11 is 1.25. The Bertz CT molecular complexity index is 622. The minimum Gasteiger partial charge on any atom is -0.370 e. The number of hydrogen-bond donors (Lipinski definition) is 1. The first-order chi connectivity index (χ1) is 9.24. The number of ether oxygens (including phenoxy) is 1. The molecule has 2 atom stereocenters. The van der Waals surface area contributed by atoms with E-state index in [1.54, 1.807) is 5.38 Å². The monoisotopic (exact) mass is 279 g/mol. The summed E-state index contributed by atoms with van der Waals surface area (Å²) in [5.41, 5.74) is 0.894. The molecule has 3 rings (SSSR count). The molecule has 0 saturated heterocycles. The number of rotatable bonds is 3. The highest BCUT2D eigenvalue weighted by Crippen LogP contribution is 2.26. The first-order valence-corrected chi connectivity index (χ1v) is 7.52. The number of aromatic nitrogens is 3. The predicted molar refractivity (Wildman–Crippen MR) is 74.2 cm³/mol. The molecule has 2 unspecified atom stereocenters. The van der Waals surface area contributed by atoms with Crippen molar-refractivity contribution in [1.29, 1.82) is 0 Å². The fourth-order valence-electron chi connectivity index (χ4n) is 2.62. The molecule has 0 spiro atoms. The largest absolute Gasteiger partial charge is 0.370 e. The number of nitrogens with one attached hydrogen (secondary N) is 1. The highest BCUT2D eigenvalue weighted by molar-refractivity contribution is 7.04. The fraction of sp³-hybridized carbons (Fsp3) is 0.615. The van der Waals surface area contributed by atoms with Gasteiger partial charge in [-0.25, -0.2) is 4.98 Å². The van der Waals surface area contributed by atoms with Crippen LogP contribution in [-0.4, -0.2) is 20.4 Å². The van der Waals surface area contributed by atoms with Gasteiger partial charge in [0.1, 0.15) is 17.9 Å². The van der Waals surface area contributed by atoms with Crippen molar-refractivity contribution in [2.45, 2.75) is 45.3 Å². The van der Waals surface area contributed by atoms with E-state index in [2.05, 4.69) is 21.3 Å². The third-order valence-corrected chi connectivity index (χ3v) is 4.36. The highest BCUT2D eigenvalue weighted by Gasteiger charge is 2.22. The molecule has 102 valence electrons. The van der Waals surface area contributed by atoms with Gasteiger partial charge in [0.05, 0.1) is 6.10 Å². The van der Waals surface area contributed by atoms with Crippen LogP contribution < -0.4 is 5.56 Å². The first kappa shape index (κ1) is 12.7. The Kier molecular flexibility index (Phi) is 3.61. The number of fused-ring (bicyclic) bond motifs is 1. The van der Waals surface area contributed by atoms with Gasteiger partial charge in [0, 0.05) is 5.38 Å². The lowest BCUT2D eigenvalue weighted by molar-refractivity contribution is -0.0181. The van der Waals surface area contributed by atoms with E-state index in [0.29, 0.717) is 29.4 Å². The van der Waals surface area contributed by atoms with E-state index in [0.717, 1.165) is 6.42 Å². The highest BCUT2D eigenvalue weighted by atomic mass is 32.1. The Hall–Kier alpha value is -1.27. The van der Waals surface area contributed by atoms with E-state index in [-0.39, 0.29) is 11.7 Å². The molecule has 19 heavy (non-hydrogen) atoms. The van der Waals surface area contributed by atoms with Gasteiger partial charge in [-0.2, -0.15) is 4.37 Å². The zero-order valence-corrected chi connectivity index (χ0v) is 11.7. The van der Waals surface area contributed by atoms with Gasteiger partial charge in [-0.1, -0.05) is 19.8 Å². The summed E-state index contributed by atoms with van der Waals surface area (Å²) in [5, 5.41) is 1.79. The maximum atomic E-state index is 11.8. The molecule has 0 aromatic carbocycles. The summed E-state index contributed by atoms with van der Waals surface area (Å²) in [7, 11) is 0. The third-order valence-electron chi connectivity index (χ3n) is 3.75. The van der Waals surface area contributed by atoms with Gasteiger partial charge in [0.15, 0.2) is 5.52 Å². The topological polar surface area (TPSA) is 67.9 Å². The molecule has 2 aromatic rings. The van der Waals surface area contributed by atoms with E-state index in [9.17, 15) is 4.79 Å². The van der Waals surface area contributed by atoms with Crippen molar-refractivity contribution in [2.24, 2.45) is 5.92 Å². The maximum absolute atomic E-state index is 11.8. The van der Waals surface area contributed by atoms with Gasteiger partial charge in [-0.05, 0) is 30.3 Å². The van der Waals surface area contributed by atoms with Crippen molar-refractivity contribution in [3.8, 4) is 0 Å². The molecule has 0 radical (unpaired) electrons. The van der Waals surface area contributed by atoms with Gasteiger partial charge in [-0.15, -0.1) is 0 Å². The number of H-pyrrole nitrogens is 1. The van der Waals surface area contributed by atoms with Crippen LogP contribution in [0.2, 0.25) is 0 Å². The second-order valence-corrected chi connectivity index (χ2v) is 5.80. The molecule has 0 amide bonds. The van der Waals surface area contributed by atoms with Crippen molar-refractivity contribution < 1.29 is 4.74 Å². The Morgan fingerprint density at radius 3 is 3.16 bits per heavy atom. The molecule has 1 aliphatic carbocycles. The Morgan fingerprint density at radius 2 is 2.32 bits per heavy atom. The standard InChI is InChI=1S/C13H17N3O2S/c1-8-4-2-3-5-10(8)18-6-11-14-9-7-19-16-12(9)13(17)15-11/h7-8,10H,2-6H2,1H3,(H,14,15,17). The minimum atomic E-state index is -0.179. The van der Waals surface area contributed by atoms with E-state index in [4.69, 9.17) is 4.74 Å². The van der Waals surface area contributed by atoms with E-state index in [1.807, 2.05) is 0 Å². The van der Waals surface area contributed by atoms with Crippen molar-refractivity contribution in [3.05, 3.63) is 21.6 Å². The number of hydrogen-bond acceptors (Lipinski definition) is 5. The van der Waals surface area contributed by atoms with Crippen LogP contribution in [0.5, 0.6) is 0 Å². The molecule has 6 heteroatoms. The molecule has 2 aromatic heterocycles. The molecular weight excluding hydrogens is 262 g/mol. The van der Waals surface area contributed by atoms with Crippen molar-refractivity contribution >= 4 is 22.6 Å². The molecule has 0 aliphatic heterocycles. The molecule has 2 heterocycles. The average Bonchev–Trinajstić information content (AvgIpc) is 2.87. The summed E-state index contributed by atoms with van der Waals surface area (Å²) in [5.74, 6) is 1.18. The van der Waals surface area contributed by atoms with E-state index < -0.39 is 0 Å². The SMILES string of the molecule is CC1CCCCC1OCc1nc2csnc2c(=O)[nH]1. The zero-order valence-electron chi connectivity index (χ0n) is 10.9. The van der Waals surface area contributed by atoms with E-state index in [1.165, 1.54) is 30.8 Å². The van der Waals surface area contributed by atoms with Crippen LogP contribution in [0.1, 0.15) is 38.4 Å². The van der Waals surface area contributed by atoms with E-state index >= 15 is 0 Å². The normalized spacial score (nSPS) is 23.8. The lowest BCUT2D eigenvalue weighted by atomic mass is 9.88. The molecule has 0 bridgehead atoms. The first-order valence-electron chi connectivity index (χ1n) is 6.69. The quantitative estimate of drug-likeness (QED) is 0.937. The van der Waals surface area contributed by atoms with Crippen molar-refractivity contribution in [2.75, 3.05) is 0 Å². The Balaban J connectivity index is 1.72.